The summed E-state index contributed by atoms with van der Waals surface area (Å²) < 4.78 is 8.47. The molecule has 1 saturated heterocycles. The number of likely N-dealkylation sites (tertiary alicyclic amines) is 1. The van der Waals surface area contributed by atoms with Crippen LogP contribution in [0.15, 0.2) is 72.9 Å². The molecule has 1 aliphatic heterocycles. The van der Waals surface area contributed by atoms with E-state index in [2.05, 4.69) is 70.0 Å². The van der Waals surface area contributed by atoms with Crippen molar-refractivity contribution in [2.24, 2.45) is 5.92 Å². The molecule has 214 valence electrons. The maximum atomic E-state index is 6.10. The van der Waals surface area contributed by atoms with E-state index >= 15 is 0 Å². The van der Waals surface area contributed by atoms with E-state index in [1.54, 1.807) is 0 Å². The van der Waals surface area contributed by atoms with E-state index < -0.39 is 0 Å². The number of fused-ring (bicyclic) bond motifs is 2. The summed E-state index contributed by atoms with van der Waals surface area (Å²) in [4.78, 5) is 11.1. The van der Waals surface area contributed by atoms with Gasteiger partial charge in [-0.1, -0.05) is 41.9 Å². The number of unbranched alkanes of at least 4 members (excludes halogenated alkanes) is 1. The fourth-order valence-electron chi connectivity index (χ4n) is 6.40. The van der Waals surface area contributed by atoms with Crippen LogP contribution in [0.5, 0.6) is 5.75 Å². The van der Waals surface area contributed by atoms with E-state index in [4.69, 9.17) is 21.3 Å². The van der Waals surface area contributed by atoms with Gasteiger partial charge in [-0.3, -0.25) is 0 Å². The molecule has 0 aliphatic carbocycles. The van der Waals surface area contributed by atoms with Crippen molar-refractivity contribution in [3.63, 3.8) is 0 Å². The predicted octanol–water partition coefficient (Wildman–Crippen LogP) is 8.57. The molecule has 41 heavy (non-hydrogen) atoms. The fourth-order valence-corrected chi connectivity index (χ4v) is 6.53. The van der Waals surface area contributed by atoms with Gasteiger partial charge >= 0.3 is 0 Å². The smallest absolute Gasteiger partial charge is 0.148 e. The van der Waals surface area contributed by atoms with Crippen LogP contribution in [0.25, 0.3) is 21.9 Å². The number of aromatic nitrogens is 3. The van der Waals surface area contributed by atoms with Crippen molar-refractivity contribution in [3.05, 3.63) is 94.9 Å². The number of imidazole rings is 1. The number of hydrogen-bond acceptors (Lipinski definition) is 3. The van der Waals surface area contributed by atoms with Crippen LogP contribution in [0.3, 0.4) is 0 Å². The van der Waals surface area contributed by atoms with Crippen molar-refractivity contribution in [3.8, 4) is 5.75 Å². The lowest BCUT2D eigenvalue weighted by atomic mass is 9.92. The average Bonchev–Trinajstić information content (AvgIpc) is 3.58. The van der Waals surface area contributed by atoms with E-state index in [-0.39, 0.29) is 0 Å². The molecule has 0 amide bonds. The van der Waals surface area contributed by atoms with Gasteiger partial charge in [0.05, 0.1) is 11.0 Å². The number of rotatable bonds is 12. The number of nitrogens with one attached hydrogen (secondary N) is 1. The number of aromatic amines is 1. The van der Waals surface area contributed by atoms with Crippen LogP contribution in [-0.2, 0) is 19.6 Å². The van der Waals surface area contributed by atoms with E-state index in [1.807, 2.05) is 24.3 Å². The first kappa shape index (κ1) is 27.9. The Hall–Kier alpha value is -3.28. The number of ether oxygens (including phenoxy) is 1. The molecule has 1 N–H and O–H groups in total. The monoisotopic (exact) mass is 568 g/mol. The number of aryl methyl sites for hydroxylation is 3. The Morgan fingerprint density at radius 2 is 1.76 bits per heavy atom. The van der Waals surface area contributed by atoms with Gasteiger partial charge < -0.3 is 19.2 Å². The molecular formula is C35H41ClN4O. The van der Waals surface area contributed by atoms with Crippen LogP contribution in [0.1, 0.15) is 55.5 Å². The second-order valence-electron chi connectivity index (χ2n) is 11.6. The summed E-state index contributed by atoms with van der Waals surface area (Å²) in [6.45, 7) is 7.28. The zero-order valence-corrected chi connectivity index (χ0v) is 24.9. The molecule has 0 bridgehead atoms. The van der Waals surface area contributed by atoms with Gasteiger partial charge in [0.1, 0.15) is 18.2 Å². The second-order valence-corrected chi connectivity index (χ2v) is 12.0. The Morgan fingerprint density at radius 1 is 0.927 bits per heavy atom. The van der Waals surface area contributed by atoms with Gasteiger partial charge in [0.25, 0.3) is 0 Å². The van der Waals surface area contributed by atoms with E-state index in [0.29, 0.717) is 11.6 Å². The van der Waals surface area contributed by atoms with Crippen molar-refractivity contribution in [2.45, 2.75) is 65.0 Å². The molecule has 5 nitrogen and oxygen atoms in total. The van der Waals surface area contributed by atoms with E-state index in [9.17, 15) is 0 Å². The second kappa shape index (κ2) is 13.1. The van der Waals surface area contributed by atoms with Gasteiger partial charge in [0.2, 0.25) is 0 Å². The number of para-hydroxylation sites is 2. The molecule has 3 aromatic carbocycles. The average molecular weight is 569 g/mol. The summed E-state index contributed by atoms with van der Waals surface area (Å²) in [7, 11) is 0. The highest BCUT2D eigenvalue weighted by Crippen LogP contribution is 2.26. The number of benzene rings is 3. The number of H-pyrrole nitrogens is 1. The fraction of sp³-hybridized carbons (Fsp3) is 0.400. The number of halogens is 1. The molecule has 0 atom stereocenters. The third-order valence-corrected chi connectivity index (χ3v) is 9.04. The summed E-state index contributed by atoms with van der Waals surface area (Å²) in [5, 5.41) is 2.10. The highest BCUT2D eigenvalue weighted by atomic mass is 35.5. The first-order valence-corrected chi connectivity index (χ1v) is 15.6. The van der Waals surface area contributed by atoms with Gasteiger partial charge in [-0.15, -0.1) is 0 Å². The van der Waals surface area contributed by atoms with E-state index in [0.717, 1.165) is 36.0 Å². The van der Waals surface area contributed by atoms with Crippen LogP contribution >= 0.6 is 11.6 Å². The van der Waals surface area contributed by atoms with Crippen molar-refractivity contribution in [1.29, 1.82) is 0 Å². The molecule has 6 heteroatoms. The SMILES string of the molecule is Cc1cccc2c1nc(COc1ccc(Cl)cc1)n2CCCC1CCN(CCCCc2c[nH]c3ccccc23)CC1. The molecule has 2 aromatic heterocycles. The molecule has 0 saturated carbocycles. The van der Waals surface area contributed by atoms with E-state index in [1.165, 1.54) is 85.7 Å². The Kier molecular flexibility index (Phi) is 8.93. The van der Waals surface area contributed by atoms with Crippen molar-refractivity contribution in [1.82, 2.24) is 19.4 Å². The number of piperidine rings is 1. The topological polar surface area (TPSA) is 46.1 Å². The van der Waals surface area contributed by atoms with Gasteiger partial charge in [0.15, 0.2) is 0 Å². The van der Waals surface area contributed by atoms with Crippen molar-refractivity contribution in [2.75, 3.05) is 19.6 Å². The lowest BCUT2D eigenvalue weighted by Crippen LogP contribution is -2.34. The quantitative estimate of drug-likeness (QED) is 0.153. The Bertz CT molecular complexity index is 1560. The lowest BCUT2D eigenvalue weighted by molar-refractivity contribution is 0.174. The zero-order chi connectivity index (χ0) is 28.0. The van der Waals surface area contributed by atoms with Gasteiger partial charge in [-0.25, -0.2) is 4.98 Å². The van der Waals surface area contributed by atoms with Gasteiger partial charge in [0, 0.05) is 28.7 Å². The Balaban J connectivity index is 0.958. The largest absolute Gasteiger partial charge is 0.486 e. The summed E-state index contributed by atoms with van der Waals surface area (Å²) in [6.07, 6.45) is 11.0. The van der Waals surface area contributed by atoms with Crippen molar-refractivity contribution < 1.29 is 4.74 Å². The molecule has 1 aliphatic rings. The third-order valence-electron chi connectivity index (χ3n) is 8.79. The minimum atomic E-state index is 0.453. The summed E-state index contributed by atoms with van der Waals surface area (Å²) in [5.74, 6) is 2.63. The molecule has 1 fully saturated rings. The molecule has 5 aromatic rings. The third kappa shape index (κ3) is 6.79. The predicted molar refractivity (Wildman–Crippen MR) is 170 cm³/mol. The molecule has 0 unspecified atom stereocenters. The van der Waals surface area contributed by atoms with Crippen molar-refractivity contribution >= 4 is 33.5 Å². The first-order chi connectivity index (χ1) is 20.1. The van der Waals surface area contributed by atoms with Crippen LogP contribution in [0.4, 0.5) is 0 Å². The molecule has 6 rings (SSSR count). The summed E-state index contributed by atoms with van der Waals surface area (Å²) in [6, 6.07) is 22.7. The highest BCUT2D eigenvalue weighted by Gasteiger charge is 2.19. The molecule has 0 radical (unpaired) electrons. The standard InChI is InChI=1S/C35H41ClN4O/c1-26-8-6-13-33-35(26)38-34(25-41-30-16-14-29(36)15-17-30)40(33)21-7-9-27-18-22-39(23-19-27)20-5-4-10-28-24-37-32-12-3-2-11-31(28)32/h2-3,6,8,11-17,24,27,37H,4-5,7,9-10,18-23,25H2,1H3. The normalized spacial score (nSPS) is 14.8. The zero-order valence-electron chi connectivity index (χ0n) is 24.1. The lowest BCUT2D eigenvalue weighted by Gasteiger charge is -2.32. The summed E-state index contributed by atoms with van der Waals surface area (Å²) in [5.41, 5.74) is 6.22. The van der Waals surface area contributed by atoms with Gasteiger partial charge in [-0.2, -0.15) is 0 Å². The highest BCUT2D eigenvalue weighted by molar-refractivity contribution is 6.30. The van der Waals surface area contributed by atoms with Gasteiger partial charge in [-0.05, 0) is 125 Å². The van der Waals surface area contributed by atoms with Crippen LogP contribution in [-0.4, -0.2) is 39.1 Å². The molecule has 3 heterocycles. The molecule has 0 spiro atoms. The van der Waals surface area contributed by atoms with Crippen LogP contribution < -0.4 is 4.74 Å². The molecular weight excluding hydrogens is 528 g/mol. The minimum Gasteiger partial charge on any atom is -0.486 e. The summed E-state index contributed by atoms with van der Waals surface area (Å²) >= 11 is 6.04. The number of nitrogens with zero attached hydrogens (tertiary/aromatic N) is 3. The maximum Gasteiger partial charge on any atom is 0.148 e. The maximum absolute atomic E-state index is 6.10. The number of hydrogen-bond donors (Lipinski definition) is 1. The first-order valence-electron chi connectivity index (χ1n) is 15.2. The minimum absolute atomic E-state index is 0.453. The Labute approximate surface area is 248 Å². The Morgan fingerprint density at radius 3 is 2.61 bits per heavy atom. The van der Waals surface area contributed by atoms with Crippen LogP contribution in [0.2, 0.25) is 5.02 Å². The van der Waals surface area contributed by atoms with Crippen LogP contribution in [0, 0.1) is 12.8 Å².